The lowest BCUT2D eigenvalue weighted by molar-refractivity contribution is -0.177. The first kappa shape index (κ1) is 35.1. The lowest BCUT2D eigenvalue weighted by atomic mass is 9.38. The fourth-order valence-electron chi connectivity index (χ4n) is 7.25. The fraction of sp³-hybridized carbons (Fsp3) is 0.553. The van der Waals surface area contributed by atoms with Crippen LogP contribution in [-0.4, -0.2) is 32.7 Å². The number of phenols is 2. The average Bonchev–Trinajstić information content (AvgIpc) is 2.91. The van der Waals surface area contributed by atoms with Gasteiger partial charge in [-0.3, -0.25) is 14.4 Å². The van der Waals surface area contributed by atoms with Crippen LogP contribution in [-0.2, 0) is 14.4 Å². The highest BCUT2D eigenvalue weighted by Gasteiger charge is 2.74. The molecule has 0 spiro atoms. The third kappa shape index (κ3) is 6.09. The van der Waals surface area contributed by atoms with Gasteiger partial charge in [-0.1, -0.05) is 62.6 Å². The first-order valence-corrected chi connectivity index (χ1v) is 15.8. The molecule has 0 radical (unpaired) electrons. The number of hydrogen-bond acceptors (Lipinski definition) is 6. The first-order valence-electron chi connectivity index (χ1n) is 15.8. The van der Waals surface area contributed by atoms with Crippen molar-refractivity contribution in [3.63, 3.8) is 0 Å². The molecule has 0 unspecified atom stereocenters. The van der Waals surface area contributed by atoms with Crippen LogP contribution in [0.3, 0.4) is 0 Å². The number of carbonyl (C=O) groups excluding carboxylic acids is 3. The second kappa shape index (κ2) is 12.9. The maximum Gasteiger partial charge on any atom is 0.184 e. The minimum atomic E-state index is -1.59. The molecule has 6 heteroatoms. The number of aliphatic hydroxyl groups excluding tert-OH is 1. The van der Waals surface area contributed by atoms with E-state index in [1.165, 1.54) is 12.1 Å². The molecule has 2 bridgehead atoms. The van der Waals surface area contributed by atoms with Crippen molar-refractivity contribution in [2.75, 3.05) is 0 Å². The summed E-state index contributed by atoms with van der Waals surface area (Å²) in [5, 5.41) is 31.8. The van der Waals surface area contributed by atoms with E-state index in [1.54, 1.807) is 0 Å². The van der Waals surface area contributed by atoms with Crippen molar-refractivity contribution in [2.24, 2.45) is 34.0 Å². The molecule has 2 fully saturated rings. The number of rotatable bonds is 10. The number of aliphatic hydroxyl groups is 1. The number of fused-ring (bicyclic) bond motifs is 2. The molecule has 4 atom stereocenters. The summed E-state index contributed by atoms with van der Waals surface area (Å²) in [7, 11) is 0. The fourth-order valence-corrected chi connectivity index (χ4v) is 7.25. The van der Waals surface area contributed by atoms with Crippen LogP contribution in [0.5, 0.6) is 11.5 Å². The summed E-state index contributed by atoms with van der Waals surface area (Å²) in [6, 6.07) is 3.69. The second-order valence-electron chi connectivity index (χ2n) is 14.8. The van der Waals surface area contributed by atoms with Gasteiger partial charge in [0, 0.05) is 5.56 Å². The summed E-state index contributed by atoms with van der Waals surface area (Å²) in [5.74, 6) is -3.08. The van der Waals surface area contributed by atoms with E-state index in [2.05, 4.69) is 26.0 Å². The Hall–Kier alpha value is -3.41. The number of phenolic OH excluding ortho intramolecular Hbond substituents is 2. The molecule has 1 aromatic carbocycles. The second-order valence-corrected chi connectivity index (χ2v) is 14.8. The molecule has 240 valence electrons. The highest BCUT2D eigenvalue weighted by Crippen LogP contribution is 2.66. The van der Waals surface area contributed by atoms with Gasteiger partial charge in [0.25, 0.3) is 0 Å². The maximum atomic E-state index is 15.2. The van der Waals surface area contributed by atoms with Gasteiger partial charge in [0.05, 0.1) is 5.41 Å². The molecular weight excluding hydrogens is 552 g/mol. The zero-order chi connectivity index (χ0) is 33.4. The zero-order valence-corrected chi connectivity index (χ0v) is 28.3. The monoisotopic (exact) mass is 604 g/mol. The van der Waals surface area contributed by atoms with Crippen LogP contribution < -0.4 is 0 Å². The Morgan fingerprint density at radius 1 is 0.886 bits per heavy atom. The molecule has 44 heavy (non-hydrogen) atoms. The number of Topliss-reactive ketones (excluding diaryl/α,β-unsaturated/α-hetero) is 3. The lowest BCUT2D eigenvalue weighted by Crippen LogP contribution is -2.70. The quantitative estimate of drug-likeness (QED) is 0.0614. The Morgan fingerprint density at radius 2 is 1.48 bits per heavy atom. The molecule has 0 aliphatic heterocycles. The minimum Gasteiger partial charge on any atom is -0.506 e. The van der Waals surface area contributed by atoms with Crippen molar-refractivity contribution >= 4 is 23.1 Å². The molecule has 0 amide bonds. The van der Waals surface area contributed by atoms with Crippen molar-refractivity contribution in [3.8, 4) is 11.5 Å². The van der Waals surface area contributed by atoms with Crippen LogP contribution in [0.4, 0.5) is 0 Å². The molecule has 0 heterocycles. The van der Waals surface area contributed by atoms with Crippen LogP contribution >= 0.6 is 0 Å². The number of allylic oxidation sites excluding steroid dienone is 7. The lowest BCUT2D eigenvalue weighted by Gasteiger charge is -2.61. The Bertz CT molecular complexity index is 1440. The van der Waals surface area contributed by atoms with Crippen LogP contribution in [0.2, 0.25) is 0 Å². The number of hydrogen-bond donors (Lipinski definition) is 3. The standard InChI is InChI=1S/C38H52O6/c1-22(2)11-13-27(25(7)8)20-37-21-28(15-12-23(3)4)36(9,10)38(35(37)44,18-17-24(5)6)34(43)31(33(37)42)32(41)26-14-16-29(39)30(40)19-26/h11-12,14,16-17,19,25,27-28,39-41H,13,15,18,20-21H2,1-10H3/t27-,28-,37-,38+/m1/s1. The molecule has 0 aromatic heterocycles. The number of carbonyl (C=O) groups is 3. The van der Waals surface area contributed by atoms with Crippen LogP contribution in [0.15, 0.2) is 58.7 Å². The summed E-state index contributed by atoms with van der Waals surface area (Å²) in [5.41, 5.74) is -1.06. The van der Waals surface area contributed by atoms with Gasteiger partial charge in [-0.05, 0) is 115 Å². The van der Waals surface area contributed by atoms with Gasteiger partial charge in [-0.2, -0.15) is 0 Å². The molecule has 2 aliphatic carbocycles. The van der Waals surface area contributed by atoms with E-state index in [1.807, 2.05) is 61.5 Å². The largest absolute Gasteiger partial charge is 0.506 e. The van der Waals surface area contributed by atoms with E-state index in [4.69, 9.17) is 0 Å². The Kier molecular flexibility index (Phi) is 10.3. The van der Waals surface area contributed by atoms with E-state index in [0.29, 0.717) is 12.8 Å². The highest BCUT2D eigenvalue weighted by molar-refractivity contribution is 6.41. The van der Waals surface area contributed by atoms with Crippen molar-refractivity contribution in [3.05, 3.63) is 64.3 Å². The summed E-state index contributed by atoms with van der Waals surface area (Å²) in [6.07, 6.45) is 8.17. The number of ketones is 3. The summed E-state index contributed by atoms with van der Waals surface area (Å²) in [4.78, 5) is 45.0. The topological polar surface area (TPSA) is 112 Å². The average molecular weight is 605 g/mol. The predicted molar refractivity (Wildman–Crippen MR) is 176 cm³/mol. The third-order valence-electron chi connectivity index (χ3n) is 10.3. The Balaban J connectivity index is 2.46. The van der Waals surface area contributed by atoms with Gasteiger partial charge in [-0.25, -0.2) is 0 Å². The van der Waals surface area contributed by atoms with Gasteiger partial charge in [0.1, 0.15) is 16.7 Å². The molecule has 3 rings (SSSR count). The molecule has 6 nitrogen and oxygen atoms in total. The van der Waals surface area contributed by atoms with Gasteiger partial charge >= 0.3 is 0 Å². The van der Waals surface area contributed by atoms with Crippen LogP contribution in [0.1, 0.15) is 107 Å². The van der Waals surface area contributed by atoms with Crippen LogP contribution in [0.25, 0.3) is 5.76 Å². The molecule has 2 aliphatic rings. The number of aromatic hydroxyl groups is 2. The first-order chi connectivity index (χ1) is 20.3. The predicted octanol–water partition coefficient (Wildman–Crippen LogP) is 8.84. The van der Waals surface area contributed by atoms with Crippen LogP contribution in [0, 0.1) is 34.0 Å². The Morgan fingerprint density at radius 3 is 2.00 bits per heavy atom. The van der Waals surface area contributed by atoms with Crippen molar-refractivity contribution in [2.45, 2.75) is 101 Å². The van der Waals surface area contributed by atoms with Gasteiger partial charge in [0.15, 0.2) is 28.8 Å². The van der Waals surface area contributed by atoms with Gasteiger partial charge in [-0.15, -0.1) is 0 Å². The highest BCUT2D eigenvalue weighted by atomic mass is 16.3. The van der Waals surface area contributed by atoms with Gasteiger partial charge in [0.2, 0.25) is 0 Å². The SMILES string of the molecule is CC(C)=CC[C@H](C[C@@]12C[C@@H](CC=C(C)C)C(C)(C)[C@@](CC=C(C)C)(C(=O)C(=C(O)c3ccc(O)c(O)c3)C1=O)C2=O)C(C)C. The Labute approximate surface area is 263 Å². The van der Waals surface area contributed by atoms with E-state index in [0.717, 1.165) is 22.8 Å². The van der Waals surface area contributed by atoms with E-state index >= 15 is 4.79 Å². The van der Waals surface area contributed by atoms with E-state index < -0.39 is 45.1 Å². The molecular formula is C38H52O6. The third-order valence-corrected chi connectivity index (χ3v) is 10.3. The molecule has 3 N–H and O–H groups in total. The van der Waals surface area contributed by atoms with Crippen molar-refractivity contribution in [1.82, 2.24) is 0 Å². The van der Waals surface area contributed by atoms with Crippen molar-refractivity contribution < 1.29 is 29.7 Å². The molecule has 1 aromatic rings. The smallest absolute Gasteiger partial charge is 0.184 e. The normalized spacial score (nSPS) is 26.2. The van der Waals surface area contributed by atoms with Crippen molar-refractivity contribution in [1.29, 1.82) is 0 Å². The maximum absolute atomic E-state index is 15.2. The minimum absolute atomic E-state index is 0.0152. The molecule has 2 saturated carbocycles. The van der Waals surface area contributed by atoms with E-state index in [-0.39, 0.29) is 53.9 Å². The number of benzene rings is 1. The van der Waals surface area contributed by atoms with Gasteiger partial charge < -0.3 is 15.3 Å². The summed E-state index contributed by atoms with van der Waals surface area (Å²) in [6.45, 7) is 20.1. The molecule has 0 saturated heterocycles. The zero-order valence-electron chi connectivity index (χ0n) is 28.3. The summed E-state index contributed by atoms with van der Waals surface area (Å²) >= 11 is 0. The van der Waals surface area contributed by atoms with E-state index in [9.17, 15) is 24.9 Å². The summed E-state index contributed by atoms with van der Waals surface area (Å²) < 4.78 is 0.